The molecule has 0 saturated carbocycles. The second-order valence-corrected chi connectivity index (χ2v) is 8.69. The van der Waals surface area contributed by atoms with E-state index >= 15 is 0 Å². The molecular weight excluding hydrogens is 300 g/mol. The van der Waals surface area contributed by atoms with Gasteiger partial charge in [-0.3, -0.25) is 4.79 Å². The van der Waals surface area contributed by atoms with Crippen molar-refractivity contribution < 1.29 is 9.53 Å². The van der Waals surface area contributed by atoms with Gasteiger partial charge in [-0.15, -0.1) is 0 Å². The maximum atomic E-state index is 12.7. The number of nitrogens with one attached hydrogen (secondary N) is 1. The fourth-order valence-electron chi connectivity index (χ4n) is 3.01. The van der Waals surface area contributed by atoms with E-state index in [1.165, 1.54) is 0 Å². The first-order valence-electron chi connectivity index (χ1n) is 8.57. The van der Waals surface area contributed by atoms with Gasteiger partial charge < -0.3 is 15.8 Å². The first-order valence-corrected chi connectivity index (χ1v) is 8.57. The van der Waals surface area contributed by atoms with Gasteiger partial charge in [0.2, 0.25) is 0 Å². The highest BCUT2D eigenvalue weighted by Crippen LogP contribution is 2.42. The summed E-state index contributed by atoms with van der Waals surface area (Å²) in [6.07, 6.45) is 0. The number of hydrogen-bond donors (Lipinski definition) is 2. The minimum Gasteiger partial charge on any atom is -0.496 e. The highest BCUT2D eigenvalue weighted by atomic mass is 16.5. The molecule has 4 nitrogen and oxygen atoms in total. The van der Waals surface area contributed by atoms with Gasteiger partial charge in [-0.1, -0.05) is 41.5 Å². The van der Waals surface area contributed by atoms with Crippen LogP contribution in [0.2, 0.25) is 0 Å². The summed E-state index contributed by atoms with van der Waals surface area (Å²) in [5.74, 6) is 0.805. The number of nitrogens with two attached hydrogens (primary N) is 1. The molecule has 0 radical (unpaired) electrons. The van der Waals surface area contributed by atoms with Crippen LogP contribution in [-0.4, -0.2) is 25.6 Å². The summed E-state index contributed by atoms with van der Waals surface area (Å²) in [5, 5.41) is 2.93. The third-order valence-corrected chi connectivity index (χ3v) is 4.13. The molecule has 1 rings (SSSR count). The molecule has 4 heteroatoms. The Kier molecular flexibility index (Phi) is 6.10. The molecule has 3 N–H and O–H groups in total. The molecule has 1 atom stereocenters. The molecule has 0 fully saturated rings. The smallest absolute Gasteiger partial charge is 0.251 e. The van der Waals surface area contributed by atoms with Crippen LogP contribution < -0.4 is 15.8 Å². The van der Waals surface area contributed by atoms with Crippen molar-refractivity contribution in [3.63, 3.8) is 0 Å². The molecule has 0 saturated heterocycles. The maximum absolute atomic E-state index is 12.7. The standard InChI is InChI=1S/C20H34N2O2/c1-12(21)11-22-18(23)14-10-15(19(3,4)5)17(24-9)16(13(14)2)20(6,7)8/h10,12H,11,21H2,1-9H3,(H,22,23). The number of amides is 1. The van der Waals surface area contributed by atoms with E-state index in [9.17, 15) is 4.79 Å². The number of hydrogen-bond acceptors (Lipinski definition) is 3. The lowest BCUT2D eigenvalue weighted by molar-refractivity contribution is 0.0950. The van der Waals surface area contributed by atoms with Crippen molar-refractivity contribution in [3.8, 4) is 5.75 Å². The summed E-state index contributed by atoms with van der Waals surface area (Å²) in [5.41, 5.74) is 9.31. The largest absolute Gasteiger partial charge is 0.496 e. The lowest BCUT2D eigenvalue weighted by Gasteiger charge is -2.32. The number of carbonyl (C=O) groups is 1. The van der Waals surface area contributed by atoms with Crippen molar-refractivity contribution in [3.05, 3.63) is 28.3 Å². The quantitative estimate of drug-likeness (QED) is 0.883. The average molecular weight is 335 g/mol. The lowest BCUT2D eigenvalue weighted by atomic mass is 9.76. The van der Waals surface area contributed by atoms with Crippen LogP contribution in [0.3, 0.4) is 0 Å². The van der Waals surface area contributed by atoms with Crippen LogP contribution in [0.25, 0.3) is 0 Å². The Morgan fingerprint density at radius 2 is 1.75 bits per heavy atom. The van der Waals surface area contributed by atoms with Gasteiger partial charge in [0.05, 0.1) is 7.11 Å². The van der Waals surface area contributed by atoms with Crippen molar-refractivity contribution in [1.29, 1.82) is 0 Å². The first kappa shape index (κ1) is 20.5. The van der Waals surface area contributed by atoms with Crippen LogP contribution in [0.4, 0.5) is 0 Å². The third kappa shape index (κ3) is 4.50. The number of methoxy groups -OCH3 is 1. The van der Waals surface area contributed by atoms with E-state index in [1.54, 1.807) is 7.11 Å². The molecule has 0 bridgehead atoms. The van der Waals surface area contributed by atoms with E-state index in [4.69, 9.17) is 10.5 Å². The van der Waals surface area contributed by atoms with Crippen LogP contribution in [0.5, 0.6) is 5.75 Å². The third-order valence-electron chi connectivity index (χ3n) is 4.13. The highest BCUT2D eigenvalue weighted by molar-refractivity contribution is 5.97. The molecule has 0 aliphatic heterocycles. The number of rotatable bonds is 4. The predicted molar refractivity (Wildman–Crippen MR) is 101 cm³/mol. The molecule has 0 heterocycles. The fraction of sp³-hybridized carbons (Fsp3) is 0.650. The number of carbonyl (C=O) groups excluding carboxylic acids is 1. The van der Waals surface area contributed by atoms with Gasteiger partial charge in [0.15, 0.2) is 0 Å². The van der Waals surface area contributed by atoms with Gasteiger partial charge in [-0.05, 0) is 36.3 Å². The molecule has 0 aliphatic rings. The van der Waals surface area contributed by atoms with Crippen LogP contribution >= 0.6 is 0 Å². The molecule has 24 heavy (non-hydrogen) atoms. The Balaban J connectivity index is 3.65. The van der Waals surface area contributed by atoms with E-state index in [1.807, 2.05) is 19.9 Å². The Bertz CT molecular complexity index is 606. The van der Waals surface area contributed by atoms with Crippen molar-refractivity contribution in [1.82, 2.24) is 5.32 Å². The topological polar surface area (TPSA) is 64.3 Å². The van der Waals surface area contributed by atoms with E-state index < -0.39 is 0 Å². The SMILES string of the molecule is COc1c(C(C)(C)C)cc(C(=O)NCC(C)N)c(C)c1C(C)(C)C. The Labute approximate surface area is 147 Å². The van der Waals surface area contributed by atoms with Gasteiger partial charge in [-0.2, -0.15) is 0 Å². The highest BCUT2D eigenvalue weighted by Gasteiger charge is 2.31. The average Bonchev–Trinajstić information content (AvgIpc) is 2.41. The molecule has 1 amide bonds. The lowest BCUT2D eigenvalue weighted by Crippen LogP contribution is -2.36. The van der Waals surface area contributed by atoms with Crippen molar-refractivity contribution in [2.75, 3.05) is 13.7 Å². The first-order chi connectivity index (χ1) is 10.8. The minimum absolute atomic E-state index is 0.0725. The Morgan fingerprint density at radius 1 is 1.21 bits per heavy atom. The van der Waals surface area contributed by atoms with Gasteiger partial charge in [0.25, 0.3) is 5.91 Å². The monoisotopic (exact) mass is 334 g/mol. The van der Waals surface area contributed by atoms with E-state index in [-0.39, 0.29) is 22.8 Å². The van der Waals surface area contributed by atoms with Crippen molar-refractivity contribution in [2.24, 2.45) is 5.73 Å². The van der Waals surface area contributed by atoms with Crippen molar-refractivity contribution in [2.45, 2.75) is 72.3 Å². The van der Waals surface area contributed by atoms with Crippen LogP contribution in [-0.2, 0) is 10.8 Å². The summed E-state index contributed by atoms with van der Waals surface area (Å²) in [6.45, 7) is 17.2. The second kappa shape index (κ2) is 7.14. The van der Waals surface area contributed by atoms with Gasteiger partial charge in [0.1, 0.15) is 5.75 Å². The number of benzene rings is 1. The fourth-order valence-corrected chi connectivity index (χ4v) is 3.01. The summed E-state index contributed by atoms with van der Waals surface area (Å²) >= 11 is 0. The Hall–Kier alpha value is -1.55. The Morgan fingerprint density at radius 3 is 2.12 bits per heavy atom. The maximum Gasteiger partial charge on any atom is 0.251 e. The summed E-state index contributed by atoms with van der Waals surface area (Å²) < 4.78 is 5.79. The molecule has 1 unspecified atom stereocenters. The molecule has 136 valence electrons. The van der Waals surface area contributed by atoms with E-state index in [0.29, 0.717) is 12.1 Å². The molecule has 0 aromatic heterocycles. The molecule has 1 aromatic rings. The predicted octanol–water partition coefficient (Wildman–Crippen LogP) is 3.68. The van der Waals surface area contributed by atoms with Crippen molar-refractivity contribution >= 4 is 5.91 Å². The zero-order chi connectivity index (χ0) is 18.9. The van der Waals surface area contributed by atoms with Crippen LogP contribution in [0.1, 0.15) is 75.5 Å². The van der Waals surface area contributed by atoms with E-state index in [2.05, 4.69) is 46.9 Å². The van der Waals surface area contributed by atoms with Crippen LogP contribution in [0.15, 0.2) is 6.07 Å². The van der Waals surface area contributed by atoms with Gasteiger partial charge in [-0.25, -0.2) is 0 Å². The number of ether oxygens (including phenoxy) is 1. The molecular formula is C20H34N2O2. The summed E-state index contributed by atoms with van der Waals surface area (Å²) in [7, 11) is 1.70. The molecule has 0 aliphatic carbocycles. The van der Waals surface area contributed by atoms with Crippen LogP contribution in [0, 0.1) is 6.92 Å². The second-order valence-electron chi connectivity index (χ2n) is 8.69. The van der Waals surface area contributed by atoms with Gasteiger partial charge >= 0.3 is 0 Å². The van der Waals surface area contributed by atoms with Gasteiger partial charge in [0, 0.05) is 29.3 Å². The van der Waals surface area contributed by atoms with E-state index in [0.717, 1.165) is 22.4 Å². The minimum atomic E-state index is -0.132. The zero-order valence-electron chi connectivity index (χ0n) is 16.8. The zero-order valence-corrected chi connectivity index (χ0v) is 16.8. The normalized spacial score (nSPS) is 13.6. The molecule has 1 aromatic carbocycles. The molecule has 0 spiro atoms. The summed E-state index contributed by atoms with van der Waals surface area (Å²) in [6, 6.07) is 1.90. The summed E-state index contributed by atoms with van der Waals surface area (Å²) in [4.78, 5) is 12.7.